The summed E-state index contributed by atoms with van der Waals surface area (Å²) < 4.78 is 11.8. The third-order valence-electron chi connectivity index (χ3n) is 2.69. The van der Waals surface area contributed by atoms with E-state index in [1.165, 1.54) is 0 Å². The van der Waals surface area contributed by atoms with Gasteiger partial charge < -0.3 is 10.2 Å². The number of carbonyl (C=O) groups excluding carboxylic acids is 1. The molecule has 4 nitrogen and oxygen atoms in total. The Hall–Kier alpha value is -1.46. The monoisotopic (exact) mass is 212 g/mol. The molecule has 2 atom stereocenters. The molecule has 2 rings (SSSR count). The van der Waals surface area contributed by atoms with Crippen molar-refractivity contribution in [3.63, 3.8) is 0 Å². The molecule has 1 aliphatic carbocycles. The fourth-order valence-electron chi connectivity index (χ4n) is 1.86. The fraction of sp³-hybridized carbons (Fsp3) is 0.300. The maximum atomic E-state index is 11.8. The SMILES string of the molecule is O=C(OF)C1(O)Cc2ccccc2C1O. The van der Waals surface area contributed by atoms with Crippen molar-refractivity contribution >= 4 is 5.97 Å². The van der Waals surface area contributed by atoms with Crippen LogP contribution in [0, 0.1) is 0 Å². The lowest BCUT2D eigenvalue weighted by molar-refractivity contribution is -0.214. The van der Waals surface area contributed by atoms with Gasteiger partial charge in [0.15, 0.2) is 5.60 Å². The Morgan fingerprint density at radius 3 is 2.80 bits per heavy atom. The molecule has 0 spiro atoms. The second-order valence-corrected chi connectivity index (χ2v) is 3.57. The van der Waals surface area contributed by atoms with E-state index >= 15 is 0 Å². The molecule has 2 N–H and O–H groups in total. The first kappa shape index (κ1) is 10.1. The number of fused-ring (bicyclic) bond motifs is 1. The summed E-state index contributed by atoms with van der Waals surface area (Å²) in [5.41, 5.74) is -1.18. The van der Waals surface area contributed by atoms with Crippen LogP contribution in [0.15, 0.2) is 24.3 Å². The van der Waals surface area contributed by atoms with Crippen LogP contribution >= 0.6 is 0 Å². The Morgan fingerprint density at radius 2 is 2.20 bits per heavy atom. The number of aliphatic hydroxyl groups is 2. The minimum atomic E-state index is -2.21. The average Bonchev–Trinajstić information content (AvgIpc) is 2.52. The molecule has 0 fully saturated rings. The minimum Gasteiger partial charge on any atom is -0.385 e. The van der Waals surface area contributed by atoms with E-state index in [-0.39, 0.29) is 6.42 Å². The van der Waals surface area contributed by atoms with Gasteiger partial charge in [0.2, 0.25) is 0 Å². The third kappa shape index (κ3) is 1.32. The van der Waals surface area contributed by atoms with Gasteiger partial charge in [-0.2, -0.15) is 0 Å². The number of carbonyl (C=O) groups is 1. The first-order chi connectivity index (χ1) is 7.09. The van der Waals surface area contributed by atoms with Gasteiger partial charge in [-0.15, -0.1) is 0 Å². The molecular formula is C10H9FO4. The summed E-state index contributed by atoms with van der Waals surface area (Å²) in [6, 6.07) is 6.60. The Labute approximate surface area is 84.8 Å². The lowest BCUT2D eigenvalue weighted by atomic mass is 9.98. The molecule has 1 aromatic carbocycles. The number of hydrogen-bond donors (Lipinski definition) is 2. The molecule has 0 aromatic heterocycles. The summed E-state index contributed by atoms with van der Waals surface area (Å²) in [5.74, 6) is -1.47. The highest BCUT2D eigenvalue weighted by atomic mass is 19.3. The standard InChI is InChI=1S/C10H9FO4/c11-15-9(13)10(14)5-6-3-1-2-4-7(6)8(10)12/h1-4,8,12,14H,5H2. The molecule has 0 saturated heterocycles. The van der Waals surface area contributed by atoms with Crippen LogP contribution < -0.4 is 0 Å². The number of benzene rings is 1. The molecule has 1 aliphatic rings. The highest BCUT2D eigenvalue weighted by molar-refractivity contribution is 5.81. The lowest BCUT2D eigenvalue weighted by Crippen LogP contribution is -2.43. The Kier molecular flexibility index (Phi) is 2.21. The molecule has 0 radical (unpaired) electrons. The Bertz CT molecular complexity index is 406. The lowest BCUT2D eigenvalue weighted by Gasteiger charge is -2.21. The first-order valence-corrected chi connectivity index (χ1v) is 4.41. The zero-order valence-corrected chi connectivity index (χ0v) is 7.68. The van der Waals surface area contributed by atoms with Crippen molar-refractivity contribution in [2.24, 2.45) is 0 Å². The van der Waals surface area contributed by atoms with Crippen LogP contribution in [0.4, 0.5) is 4.53 Å². The van der Waals surface area contributed by atoms with E-state index < -0.39 is 17.7 Å². The molecule has 0 saturated carbocycles. The van der Waals surface area contributed by atoms with Crippen molar-refractivity contribution in [1.29, 1.82) is 0 Å². The second kappa shape index (κ2) is 3.29. The van der Waals surface area contributed by atoms with Gasteiger partial charge in [0.25, 0.3) is 0 Å². The van der Waals surface area contributed by atoms with Crippen molar-refractivity contribution < 1.29 is 24.5 Å². The third-order valence-corrected chi connectivity index (χ3v) is 2.69. The van der Waals surface area contributed by atoms with Crippen molar-refractivity contribution in [2.45, 2.75) is 18.1 Å². The van der Waals surface area contributed by atoms with E-state index in [0.29, 0.717) is 11.1 Å². The van der Waals surface area contributed by atoms with Crippen LogP contribution in [0.2, 0.25) is 0 Å². The molecule has 2 unspecified atom stereocenters. The van der Waals surface area contributed by atoms with Gasteiger partial charge in [-0.3, -0.25) is 4.94 Å². The smallest absolute Gasteiger partial charge is 0.383 e. The van der Waals surface area contributed by atoms with Gasteiger partial charge in [0, 0.05) is 10.9 Å². The predicted molar refractivity (Wildman–Crippen MR) is 47.3 cm³/mol. The number of aliphatic hydroxyl groups excluding tert-OH is 1. The highest BCUT2D eigenvalue weighted by Gasteiger charge is 2.51. The van der Waals surface area contributed by atoms with Crippen LogP contribution in [0.1, 0.15) is 17.2 Å². The molecule has 0 amide bonds. The molecule has 15 heavy (non-hydrogen) atoms. The first-order valence-electron chi connectivity index (χ1n) is 4.41. The molecule has 0 aliphatic heterocycles. The van der Waals surface area contributed by atoms with Crippen LogP contribution in [0.5, 0.6) is 0 Å². The largest absolute Gasteiger partial charge is 0.385 e. The van der Waals surface area contributed by atoms with Gasteiger partial charge >= 0.3 is 5.97 Å². The quantitative estimate of drug-likeness (QED) is 0.708. The highest BCUT2D eigenvalue weighted by Crippen LogP contribution is 2.39. The molecule has 0 heterocycles. The van der Waals surface area contributed by atoms with Crippen LogP contribution in [-0.2, 0) is 16.2 Å². The summed E-state index contributed by atoms with van der Waals surface area (Å²) in [6.07, 6.45) is -1.59. The molecule has 0 bridgehead atoms. The average molecular weight is 212 g/mol. The van der Waals surface area contributed by atoms with E-state index in [0.717, 1.165) is 0 Å². The maximum Gasteiger partial charge on any atom is 0.383 e. The molecule has 1 aromatic rings. The summed E-state index contributed by atoms with van der Waals surface area (Å²) in [5, 5.41) is 19.5. The van der Waals surface area contributed by atoms with Gasteiger partial charge in [-0.1, -0.05) is 24.3 Å². The van der Waals surface area contributed by atoms with E-state index in [9.17, 15) is 19.5 Å². The normalized spacial score (nSPS) is 28.6. The number of hydrogen-bond acceptors (Lipinski definition) is 4. The van der Waals surface area contributed by atoms with Crippen molar-refractivity contribution in [1.82, 2.24) is 0 Å². The van der Waals surface area contributed by atoms with Crippen LogP contribution in [-0.4, -0.2) is 21.8 Å². The minimum absolute atomic E-state index is 0.146. The molecule has 5 heteroatoms. The summed E-state index contributed by atoms with van der Waals surface area (Å²) >= 11 is 0. The van der Waals surface area contributed by atoms with Gasteiger partial charge in [-0.05, 0) is 11.1 Å². The van der Waals surface area contributed by atoms with Crippen molar-refractivity contribution in [3.8, 4) is 0 Å². The van der Waals surface area contributed by atoms with E-state index in [2.05, 4.69) is 4.94 Å². The summed E-state index contributed by atoms with van der Waals surface area (Å²) in [6.45, 7) is 0. The van der Waals surface area contributed by atoms with E-state index in [1.54, 1.807) is 24.3 Å². The summed E-state index contributed by atoms with van der Waals surface area (Å²) in [7, 11) is 0. The zero-order valence-electron chi connectivity index (χ0n) is 7.68. The van der Waals surface area contributed by atoms with E-state index in [1.807, 2.05) is 0 Å². The van der Waals surface area contributed by atoms with Crippen LogP contribution in [0.25, 0.3) is 0 Å². The van der Waals surface area contributed by atoms with Crippen molar-refractivity contribution in [3.05, 3.63) is 35.4 Å². The Balaban J connectivity index is 2.42. The van der Waals surface area contributed by atoms with Gasteiger partial charge in [-0.25, -0.2) is 4.79 Å². The number of rotatable bonds is 1. The van der Waals surface area contributed by atoms with E-state index in [4.69, 9.17) is 0 Å². The number of halogens is 1. The predicted octanol–water partition coefficient (Wildman–Crippen LogP) is 0.435. The second-order valence-electron chi connectivity index (χ2n) is 3.57. The topological polar surface area (TPSA) is 66.8 Å². The fourth-order valence-corrected chi connectivity index (χ4v) is 1.86. The van der Waals surface area contributed by atoms with Crippen molar-refractivity contribution in [2.75, 3.05) is 0 Å². The zero-order chi connectivity index (χ0) is 11.1. The molecular weight excluding hydrogens is 203 g/mol. The molecule has 80 valence electrons. The van der Waals surface area contributed by atoms with Gasteiger partial charge in [0.1, 0.15) is 6.10 Å². The van der Waals surface area contributed by atoms with Gasteiger partial charge in [0.05, 0.1) is 0 Å². The summed E-state index contributed by atoms with van der Waals surface area (Å²) in [4.78, 5) is 14.0. The maximum absolute atomic E-state index is 11.8. The van der Waals surface area contributed by atoms with Crippen LogP contribution in [0.3, 0.4) is 0 Å². The Morgan fingerprint density at radius 1 is 1.53 bits per heavy atom.